The zero-order valence-corrected chi connectivity index (χ0v) is 19.1. The molecular formula is C29H27NO4. The number of nitrogens with zero attached hydrogens (tertiary/aromatic N) is 1. The Labute approximate surface area is 199 Å². The molecule has 172 valence electrons. The van der Waals surface area contributed by atoms with Crippen LogP contribution in [0.2, 0.25) is 0 Å². The fraction of sp³-hybridized carbons (Fsp3) is 0.310. The number of benzene rings is 3. The second-order valence-corrected chi connectivity index (χ2v) is 9.49. The van der Waals surface area contributed by atoms with Gasteiger partial charge in [0.2, 0.25) is 11.8 Å². The first kappa shape index (κ1) is 21.1. The van der Waals surface area contributed by atoms with Crippen LogP contribution in [0.15, 0.2) is 72.8 Å². The molecule has 5 heteroatoms. The number of aliphatic hydroxyl groups excluding tert-OH is 1. The van der Waals surface area contributed by atoms with E-state index in [1.807, 2.05) is 60.7 Å². The van der Waals surface area contributed by atoms with Gasteiger partial charge in [0.25, 0.3) is 0 Å². The van der Waals surface area contributed by atoms with E-state index in [0.717, 1.165) is 40.8 Å². The smallest absolute Gasteiger partial charge is 0.239 e. The molecule has 1 saturated heterocycles. The SMILES string of the molecule is CCCCOc1ccc(N2C(=O)[C@@H]3[C@@H](C2=O)C2c4ccccc4C3(CO)c3ccccc32)cc1. The van der Waals surface area contributed by atoms with Gasteiger partial charge in [0.05, 0.1) is 36.2 Å². The summed E-state index contributed by atoms with van der Waals surface area (Å²) in [7, 11) is 0. The van der Waals surface area contributed by atoms with Crippen molar-refractivity contribution in [3.05, 3.63) is 95.1 Å². The van der Waals surface area contributed by atoms with E-state index in [1.54, 1.807) is 12.1 Å². The van der Waals surface area contributed by atoms with Crippen LogP contribution in [0.5, 0.6) is 5.75 Å². The molecule has 0 radical (unpaired) electrons. The molecule has 7 rings (SSSR count). The van der Waals surface area contributed by atoms with Gasteiger partial charge < -0.3 is 9.84 Å². The predicted octanol–water partition coefficient (Wildman–Crippen LogP) is 4.41. The first-order valence-electron chi connectivity index (χ1n) is 12.0. The van der Waals surface area contributed by atoms with E-state index >= 15 is 0 Å². The molecule has 2 atom stereocenters. The fourth-order valence-corrected chi connectivity index (χ4v) is 6.48. The number of carbonyl (C=O) groups excluding carboxylic acids is 2. The minimum atomic E-state index is -0.933. The van der Waals surface area contributed by atoms with Crippen molar-refractivity contribution in [1.29, 1.82) is 0 Å². The number of carbonyl (C=O) groups is 2. The van der Waals surface area contributed by atoms with Gasteiger partial charge in [-0.05, 0) is 52.9 Å². The first-order chi connectivity index (χ1) is 16.6. The summed E-state index contributed by atoms with van der Waals surface area (Å²) in [5.41, 5.74) is 3.62. The molecule has 0 unspecified atom stereocenters. The standard InChI is InChI=1S/C29H27NO4/c1-2-3-16-34-19-14-12-18(13-15-19)30-27(32)25-24-20-8-4-6-10-22(20)29(17-31,26(25)28(30)33)23-11-7-5-9-21(23)24/h4-15,24-26,31H,2-3,16-17H2,1H3/t24?,25-,26-,29?/m0/s1. The van der Waals surface area contributed by atoms with Gasteiger partial charge in [-0.15, -0.1) is 0 Å². The van der Waals surface area contributed by atoms with Gasteiger partial charge in [-0.3, -0.25) is 9.59 Å². The molecule has 0 aromatic heterocycles. The topological polar surface area (TPSA) is 66.8 Å². The van der Waals surface area contributed by atoms with Crippen molar-refractivity contribution in [2.45, 2.75) is 31.1 Å². The van der Waals surface area contributed by atoms with Gasteiger partial charge in [0.1, 0.15) is 5.75 Å². The van der Waals surface area contributed by atoms with Crippen molar-refractivity contribution in [3.8, 4) is 5.75 Å². The van der Waals surface area contributed by atoms with E-state index < -0.39 is 17.3 Å². The van der Waals surface area contributed by atoms with Crippen LogP contribution < -0.4 is 9.64 Å². The van der Waals surface area contributed by atoms with Crippen LogP contribution in [0.25, 0.3) is 0 Å². The molecule has 2 bridgehead atoms. The summed E-state index contributed by atoms with van der Waals surface area (Å²) in [6, 6.07) is 23.1. The van der Waals surface area contributed by atoms with E-state index in [0.29, 0.717) is 12.3 Å². The Balaban J connectivity index is 1.46. The lowest BCUT2D eigenvalue weighted by Crippen LogP contribution is -2.55. The third-order valence-electron chi connectivity index (χ3n) is 7.91. The summed E-state index contributed by atoms with van der Waals surface area (Å²) in [6.45, 7) is 2.52. The molecule has 3 aromatic rings. The Kier molecular flexibility index (Phi) is 4.85. The number of rotatable bonds is 6. The van der Waals surface area contributed by atoms with Gasteiger partial charge in [-0.1, -0.05) is 61.9 Å². The number of hydrogen-bond donors (Lipinski definition) is 1. The lowest BCUT2D eigenvalue weighted by molar-refractivity contribution is -0.124. The summed E-state index contributed by atoms with van der Waals surface area (Å²) < 4.78 is 5.75. The van der Waals surface area contributed by atoms with E-state index in [9.17, 15) is 14.7 Å². The molecule has 0 saturated carbocycles. The van der Waals surface area contributed by atoms with E-state index in [-0.39, 0.29) is 24.3 Å². The van der Waals surface area contributed by atoms with Crippen LogP contribution in [0, 0.1) is 11.8 Å². The Morgan fingerprint density at radius 3 is 2.09 bits per heavy atom. The quantitative estimate of drug-likeness (QED) is 0.444. The van der Waals surface area contributed by atoms with Crippen molar-refractivity contribution in [1.82, 2.24) is 0 Å². The summed E-state index contributed by atoms with van der Waals surface area (Å²) in [5.74, 6) is -1.09. The Hall–Kier alpha value is -3.44. The highest BCUT2D eigenvalue weighted by Crippen LogP contribution is 2.64. The minimum Gasteiger partial charge on any atom is -0.494 e. The van der Waals surface area contributed by atoms with Crippen molar-refractivity contribution in [2.24, 2.45) is 11.8 Å². The highest BCUT2D eigenvalue weighted by Gasteiger charge is 2.68. The highest BCUT2D eigenvalue weighted by molar-refractivity contribution is 6.23. The van der Waals surface area contributed by atoms with Crippen LogP contribution in [0.1, 0.15) is 47.9 Å². The van der Waals surface area contributed by atoms with Crippen LogP contribution >= 0.6 is 0 Å². The molecule has 1 heterocycles. The van der Waals surface area contributed by atoms with Crippen LogP contribution in [0.4, 0.5) is 5.69 Å². The van der Waals surface area contributed by atoms with Crippen LogP contribution in [-0.4, -0.2) is 30.1 Å². The largest absolute Gasteiger partial charge is 0.494 e. The normalized spacial score (nSPS) is 26.3. The zero-order chi connectivity index (χ0) is 23.4. The lowest BCUT2D eigenvalue weighted by atomic mass is 9.47. The monoisotopic (exact) mass is 453 g/mol. The number of unbranched alkanes of at least 4 members (excludes halogenated alkanes) is 1. The van der Waals surface area contributed by atoms with Gasteiger partial charge in [-0.2, -0.15) is 0 Å². The van der Waals surface area contributed by atoms with Gasteiger partial charge >= 0.3 is 0 Å². The van der Waals surface area contributed by atoms with E-state index in [2.05, 4.69) is 6.92 Å². The Morgan fingerprint density at radius 1 is 0.882 bits per heavy atom. The summed E-state index contributed by atoms with van der Waals surface area (Å²) in [6.07, 6.45) is 2.02. The molecule has 1 N–H and O–H groups in total. The molecule has 0 spiro atoms. The highest BCUT2D eigenvalue weighted by atomic mass is 16.5. The average molecular weight is 454 g/mol. The number of hydrogen-bond acceptors (Lipinski definition) is 4. The third kappa shape index (κ3) is 2.65. The Morgan fingerprint density at radius 2 is 1.50 bits per heavy atom. The second-order valence-electron chi connectivity index (χ2n) is 9.49. The number of aliphatic hydroxyl groups is 1. The summed E-state index contributed by atoms with van der Waals surface area (Å²) >= 11 is 0. The summed E-state index contributed by atoms with van der Waals surface area (Å²) in [4.78, 5) is 29.2. The minimum absolute atomic E-state index is 0.193. The maximum absolute atomic E-state index is 14.0. The van der Waals surface area contributed by atoms with Gasteiger partial charge in [0, 0.05) is 5.92 Å². The Bertz CT molecular complexity index is 1230. The third-order valence-corrected chi connectivity index (χ3v) is 7.91. The molecule has 3 aromatic carbocycles. The van der Waals surface area contributed by atoms with Crippen molar-refractivity contribution in [2.75, 3.05) is 18.1 Å². The maximum Gasteiger partial charge on any atom is 0.239 e. The number of amides is 2. The molecular weight excluding hydrogens is 426 g/mol. The van der Waals surface area contributed by atoms with E-state index in [1.165, 1.54) is 4.90 Å². The van der Waals surface area contributed by atoms with Crippen LogP contribution in [0.3, 0.4) is 0 Å². The fourth-order valence-electron chi connectivity index (χ4n) is 6.48. The maximum atomic E-state index is 14.0. The zero-order valence-electron chi connectivity index (χ0n) is 19.1. The second kappa shape index (κ2) is 7.81. The molecule has 5 nitrogen and oxygen atoms in total. The molecule has 3 aliphatic carbocycles. The van der Waals surface area contributed by atoms with Crippen LogP contribution in [-0.2, 0) is 15.0 Å². The first-order valence-corrected chi connectivity index (χ1v) is 12.0. The number of ether oxygens (including phenoxy) is 1. The van der Waals surface area contributed by atoms with Gasteiger partial charge in [0.15, 0.2) is 0 Å². The lowest BCUT2D eigenvalue weighted by Gasteiger charge is -2.53. The molecule has 1 fully saturated rings. The van der Waals surface area contributed by atoms with E-state index in [4.69, 9.17) is 4.74 Å². The van der Waals surface area contributed by atoms with Gasteiger partial charge in [-0.25, -0.2) is 4.90 Å². The molecule has 34 heavy (non-hydrogen) atoms. The molecule has 2 amide bonds. The van der Waals surface area contributed by atoms with Crippen molar-refractivity contribution >= 4 is 17.5 Å². The molecule has 1 aliphatic heterocycles. The number of anilines is 1. The average Bonchev–Trinajstić information content (AvgIpc) is 3.15. The predicted molar refractivity (Wildman–Crippen MR) is 129 cm³/mol. The summed E-state index contributed by atoms with van der Waals surface area (Å²) in [5, 5.41) is 10.9. The molecule has 4 aliphatic rings. The van der Waals surface area contributed by atoms with Crippen molar-refractivity contribution in [3.63, 3.8) is 0 Å². The number of imide groups is 1. The van der Waals surface area contributed by atoms with Crippen molar-refractivity contribution < 1.29 is 19.4 Å².